The fraction of sp³-hybridized carbons (Fsp3) is 0.455. The molecule has 0 aromatic heterocycles. The van der Waals surface area contributed by atoms with E-state index in [1.54, 1.807) is 0 Å². The van der Waals surface area contributed by atoms with Gasteiger partial charge in [-0.3, -0.25) is 0 Å². The minimum absolute atomic E-state index is 0. The van der Waals surface area contributed by atoms with Gasteiger partial charge in [0.25, 0.3) is 0 Å². The van der Waals surface area contributed by atoms with E-state index in [9.17, 15) is 0 Å². The van der Waals surface area contributed by atoms with Crippen LogP contribution in [0.15, 0.2) is 18.2 Å². The van der Waals surface area contributed by atoms with Crippen LogP contribution in [-0.4, -0.2) is 25.7 Å². The summed E-state index contributed by atoms with van der Waals surface area (Å²) in [5.41, 5.74) is 2.80. The quantitative estimate of drug-likeness (QED) is 0.815. The standard InChI is InChI=1S/C11H13ClN2.ClH/c12-9-2-1-8-3-4-14(11(8)5-9)10-6-13-7-10;/h1-2,5,10,13H,3-4,6-7H2;1H. The minimum atomic E-state index is 0. The Kier molecular flexibility index (Phi) is 3.10. The molecule has 0 unspecified atom stereocenters. The zero-order valence-electron chi connectivity index (χ0n) is 8.37. The first-order chi connectivity index (χ1) is 6.84. The molecular formula is C11H14Cl2N2. The molecule has 2 aliphatic heterocycles. The number of rotatable bonds is 1. The maximum Gasteiger partial charge on any atom is 0.0539 e. The van der Waals surface area contributed by atoms with Crippen LogP contribution in [0.3, 0.4) is 0 Å². The molecule has 0 saturated carbocycles. The molecule has 82 valence electrons. The molecule has 0 atom stereocenters. The molecule has 1 N–H and O–H groups in total. The number of anilines is 1. The average Bonchev–Trinajstić information content (AvgIpc) is 2.46. The van der Waals surface area contributed by atoms with Crippen LogP contribution in [-0.2, 0) is 6.42 Å². The van der Waals surface area contributed by atoms with Crippen LogP contribution < -0.4 is 10.2 Å². The summed E-state index contributed by atoms with van der Waals surface area (Å²) in [6.07, 6.45) is 1.17. The maximum absolute atomic E-state index is 6.01. The summed E-state index contributed by atoms with van der Waals surface area (Å²) in [5.74, 6) is 0. The molecule has 15 heavy (non-hydrogen) atoms. The van der Waals surface area contributed by atoms with Crippen LogP contribution in [0.2, 0.25) is 5.02 Å². The van der Waals surface area contributed by atoms with E-state index in [-0.39, 0.29) is 12.4 Å². The number of hydrogen-bond donors (Lipinski definition) is 1. The lowest BCUT2D eigenvalue weighted by Crippen LogP contribution is -2.56. The van der Waals surface area contributed by atoms with Crippen molar-refractivity contribution in [3.63, 3.8) is 0 Å². The molecule has 4 heteroatoms. The molecule has 1 saturated heterocycles. The predicted octanol–water partition coefficient (Wildman–Crippen LogP) is 2.10. The van der Waals surface area contributed by atoms with Crippen LogP contribution in [0.1, 0.15) is 5.56 Å². The molecular weight excluding hydrogens is 231 g/mol. The third kappa shape index (κ3) is 1.82. The fourth-order valence-electron chi connectivity index (χ4n) is 2.25. The fourth-order valence-corrected chi connectivity index (χ4v) is 2.42. The topological polar surface area (TPSA) is 15.3 Å². The first-order valence-corrected chi connectivity index (χ1v) is 5.48. The highest BCUT2D eigenvalue weighted by molar-refractivity contribution is 6.30. The van der Waals surface area contributed by atoms with Gasteiger partial charge in [0.1, 0.15) is 0 Å². The molecule has 0 bridgehead atoms. The molecule has 1 aromatic carbocycles. The van der Waals surface area contributed by atoms with Gasteiger partial charge < -0.3 is 10.2 Å². The molecule has 0 radical (unpaired) electrons. The first-order valence-electron chi connectivity index (χ1n) is 5.10. The normalized spacial score (nSPS) is 19.4. The summed E-state index contributed by atoms with van der Waals surface area (Å²) in [4.78, 5) is 2.48. The Hall–Kier alpha value is -0.440. The summed E-state index contributed by atoms with van der Waals surface area (Å²) in [5, 5.41) is 4.16. The van der Waals surface area contributed by atoms with Crippen molar-refractivity contribution in [1.29, 1.82) is 0 Å². The Bertz CT molecular complexity index is 364. The molecule has 2 nitrogen and oxygen atoms in total. The Labute approximate surface area is 101 Å². The van der Waals surface area contributed by atoms with Crippen LogP contribution in [0.5, 0.6) is 0 Å². The summed E-state index contributed by atoms with van der Waals surface area (Å²) in [6.45, 7) is 3.39. The minimum Gasteiger partial charge on any atom is -0.365 e. The highest BCUT2D eigenvalue weighted by Gasteiger charge is 2.29. The van der Waals surface area contributed by atoms with Gasteiger partial charge in [0.05, 0.1) is 6.04 Å². The Morgan fingerprint density at radius 3 is 2.80 bits per heavy atom. The van der Waals surface area contributed by atoms with Gasteiger partial charge in [-0.2, -0.15) is 0 Å². The van der Waals surface area contributed by atoms with Gasteiger partial charge in [0.15, 0.2) is 0 Å². The van der Waals surface area contributed by atoms with Gasteiger partial charge in [0.2, 0.25) is 0 Å². The smallest absolute Gasteiger partial charge is 0.0539 e. The predicted molar refractivity (Wildman–Crippen MR) is 66.4 cm³/mol. The van der Waals surface area contributed by atoms with Gasteiger partial charge in [0, 0.05) is 30.3 Å². The second-order valence-corrected chi connectivity index (χ2v) is 4.46. The lowest BCUT2D eigenvalue weighted by molar-refractivity contribution is 0.420. The Balaban J connectivity index is 0.000000853. The molecule has 3 rings (SSSR count). The second kappa shape index (κ2) is 4.20. The van der Waals surface area contributed by atoms with E-state index in [0.29, 0.717) is 6.04 Å². The van der Waals surface area contributed by atoms with Crippen LogP contribution in [0.25, 0.3) is 0 Å². The molecule has 1 aromatic rings. The summed E-state index contributed by atoms with van der Waals surface area (Å²) < 4.78 is 0. The lowest BCUT2D eigenvalue weighted by Gasteiger charge is -2.37. The average molecular weight is 245 g/mol. The maximum atomic E-state index is 6.01. The number of nitrogens with one attached hydrogen (secondary N) is 1. The lowest BCUT2D eigenvalue weighted by atomic mass is 10.1. The van der Waals surface area contributed by atoms with Crippen molar-refractivity contribution in [3.05, 3.63) is 28.8 Å². The van der Waals surface area contributed by atoms with Gasteiger partial charge >= 0.3 is 0 Å². The van der Waals surface area contributed by atoms with Crippen LogP contribution >= 0.6 is 24.0 Å². The molecule has 2 aliphatic rings. The van der Waals surface area contributed by atoms with E-state index in [1.165, 1.54) is 17.7 Å². The Morgan fingerprint density at radius 1 is 1.33 bits per heavy atom. The van der Waals surface area contributed by atoms with E-state index in [1.807, 2.05) is 6.07 Å². The third-order valence-corrected chi connectivity index (χ3v) is 3.41. The first kappa shape index (κ1) is 11.1. The zero-order valence-corrected chi connectivity index (χ0v) is 9.94. The highest BCUT2D eigenvalue weighted by atomic mass is 35.5. The van der Waals surface area contributed by atoms with Crippen molar-refractivity contribution in [3.8, 4) is 0 Å². The molecule has 2 heterocycles. The van der Waals surface area contributed by atoms with E-state index in [4.69, 9.17) is 11.6 Å². The molecule has 0 amide bonds. The largest absolute Gasteiger partial charge is 0.365 e. The van der Waals surface area contributed by atoms with E-state index in [2.05, 4.69) is 22.3 Å². The molecule has 0 spiro atoms. The van der Waals surface area contributed by atoms with Crippen molar-refractivity contribution in [2.75, 3.05) is 24.5 Å². The van der Waals surface area contributed by atoms with Crippen molar-refractivity contribution in [1.82, 2.24) is 5.32 Å². The number of hydrogen-bond acceptors (Lipinski definition) is 2. The monoisotopic (exact) mass is 244 g/mol. The highest BCUT2D eigenvalue weighted by Crippen LogP contribution is 2.32. The number of fused-ring (bicyclic) bond motifs is 1. The summed E-state index contributed by atoms with van der Waals surface area (Å²) >= 11 is 6.01. The SMILES string of the molecule is Cl.Clc1ccc2c(c1)N(C1CNC1)CC2. The number of halogens is 2. The number of nitrogens with zero attached hydrogens (tertiary/aromatic N) is 1. The van der Waals surface area contributed by atoms with Gasteiger partial charge in [-0.25, -0.2) is 0 Å². The van der Waals surface area contributed by atoms with Crippen molar-refractivity contribution in [2.45, 2.75) is 12.5 Å². The molecule has 1 fully saturated rings. The summed E-state index contributed by atoms with van der Waals surface area (Å²) in [6, 6.07) is 6.93. The molecule has 0 aliphatic carbocycles. The van der Waals surface area contributed by atoms with Crippen molar-refractivity contribution in [2.24, 2.45) is 0 Å². The summed E-state index contributed by atoms with van der Waals surface area (Å²) in [7, 11) is 0. The Morgan fingerprint density at radius 2 is 2.13 bits per heavy atom. The van der Waals surface area contributed by atoms with Gasteiger partial charge in [-0.05, 0) is 24.1 Å². The van der Waals surface area contributed by atoms with Crippen LogP contribution in [0.4, 0.5) is 5.69 Å². The van der Waals surface area contributed by atoms with Crippen molar-refractivity contribution >= 4 is 29.7 Å². The number of benzene rings is 1. The third-order valence-electron chi connectivity index (χ3n) is 3.18. The van der Waals surface area contributed by atoms with Gasteiger partial charge in [-0.1, -0.05) is 17.7 Å². The van der Waals surface area contributed by atoms with Crippen molar-refractivity contribution < 1.29 is 0 Å². The zero-order chi connectivity index (χ0) is 9.54. The van der Waals surface area contributed by atoms with E-state index >= 15 is 0 Å². The van der Waals surface area contributed by atoms with E-state index in [0.717, 1.165) is 24.7 Å². The van der Waals surface area contributed by atoms with Gasteiger partial charge in [-0.15, -0.1) is 12.4 Å². The van der Waals surface area contributed by atoms with E-state index < -0.39 is 0 Å². The second-order valence-electron chi connectivity index (χ2n) is 4.03. The van der Waals surface area contributed by atoms with Crippen LogP contribution in [0, 0.1) is 0 Å².